The normalized spacial score (nSPS) is 11.1. The Morgan fingerprint density at radius 3 is 2.50 bits per heavy atom. The van der Waals surface area contributed by atoms with Gasteiger partial charge in [-0.15, -0.1) is 24.0 Å². The summed E-state index contributed by atoms with van der Waals surface area (Å²) in [5.74, 6) is 1.98. The molecule has 0 fully saturated rings. The molecule has 1 aromatic carbocycles. The van der Waals surface area contributed by atoms with E-state index >= 15 is 0 Å². The van der Waals surface area contributed by atoms with Crippen molar-refractivity contribution in [3.05, 3.63) is 42.4 Å². The molecule has 0 unspecified atom stereocenters. The summed E-state index contributed by atoms with van der Waals surface area (Å²) in [6.45, 7) is 5.73. The predicted molar refractivity (Wildman–Crippen MR) is 125 cm³/mol. The van der Waals surface area contributed by atoms with Gasteiger partial charge in [0.2, 0.25) is 5.91 Å². The Labute approximate surface area is 184 Å². The highest BCUT2D eigenvalue weighted by molar-refractivity contribution is 14.0. The second-order valence-electron chi connectivity index (χ2n) is 7.17. The van der Waals surface area contributed by atoms with Crippen LogP contribution in [-0.4, -0.2) is 65.9 Å². The zero-order valence-electron chi connectivity index (χ0n) is 17.3. The molecule has 0 saturated carbocycles. The Kier molecular flexibility index (Phi) is 9.98. The largest absolute Gasteiger partial charge is 0.356 e. The Morgan fingerprint density at radius 1 is 1.21 bits per heavy atom. The number of aromatic nitrogens is 2. The first-order chi connectivity index (χ1) is 12.9. The van der Waals surface area contributed by atoms with E-state index in [2.05, 4.69) is 34.1 Å². The third-order valence-electron chi connectivity index (χ3n) is 3.99. The number of aliphatic imine (C=N–C) groups is 1. The number of hydrogen-bond acceptors (Lipinski definition) is 3. The Balaban J connectivity index is 0.00000392. The van der Waals surface area contributed by atoms with E-state index in [1.165, 1.54) is 0 Å². The number of carbonyl (C=O) groups excluding carboxylic acids is 1. The van der Waals surface area contributed by atoms with Crippen LogP contribution in [0.15, 0.2) is 41.5 Å². The lowest BCUT2D eigenvalue weighted by Gasteiger charge is -2.22. The van der Waals surface area contributed by atoms with Gasteiger partial charge in [-0.2, -0.15) is 0 Å². The number of amides is 1. The van der Waals surface area contributed by atoms with E-state index in [-0.39, 0.29) is 36.4 Å². The minimum atomic E-state index is -0.0309. The van der Waals surface area contributed by atoms with Crippen LogP contribution in [0.4, 0.5) is 0 Å². The van der Waals surface area contributed by atoms with Crippen molar-refractivity contribution in [2.45, 2.75) is 20.4 Å². The SMILES string of the molecule is CC(C)CNC(=NCC(=O)N(C)C)N(C)Cc1ncc(-c2ccccc2)[nH]1.I. The molecule has 0 atom stereocenters. The number of H-pyrrole nitrogens is 1. The Bertz CT molecular complexity index is 757. The Hall–Kier alpha value is -2.10. The number of nitrogens with zero attached hydrogens (tertiary/aromatic N) is 4. The molecule has 1 aromatic heterocycles. The molecule has 154 valence electrons. The topological polar surface area (TPSA) is 76.6 Å². The summed E-state index contributed by atoms with van der Waals surface area (Å²) >= 11 is 0. The lowest BCUT2D eigenvalue weighted by atomic mass is 10.2. The molecule has 0 aliphatic rings. The number of aromatic amines is 1. The third-order valence-corrected chi connectivity index (χ3v) is 3.99. The van der Waals surface area contributed by atoms with Gasteiger partial charge in [-0.1, -0.05) is 44.2 Å². The standard InChI is InChI=1S/C20H30N6O.HI/c1-15(2)11-22-20(23-13-19(27)25(3)4)26(5)14-18-21-12-17(24-18)16-9-7-6-8-10-16;/h6-10,12,15H,11,13-14H2,1-5H3,(H,21,24)(H,22,23);1H. The van der Waals surface area contributed by atoms with Gasteiger partial charge < -0.3 is 20.1 Å². The van der Waals surface area contributed by atoms with Crippen LogP contribution in [0.5, 0.6) is 0 Å². The summed E-state index contributed by atoms with van der Waals surface area (Å²) in [5, 5.41) is 3.34. The number of benzene rings is 1. The van der Waals surface area contributed by atoms with E-state index in [1.807, 2.05) is 48.5 Å². The summed E-state index contributed by atoms with van der Waals surface area (Å²) in [6, 6.07) is 10.1. The number of nitrogens with one attached hydrogen (secondary N) is 2. The first-order valence-electron chi connectivity index (χ1n) is 9.15. The number of rotatable bonds is 7. The van der Waals surface area contributed by atoms with Crippen molar-refractivity contribution in [3.63, 3.8) is 0 Å². The summed E-state index contributed by atoms with van der Waals surface area (Å²) < 4.78 is 0. The molecule has 0 aliphatic carbocycles. The van der Waals surface area contributed by atoms with Gasteiger partial charge in [-0.25, -0.2) is 9.98 Å². The molecule has 7 nitrogen and oxygen atoms in total. The lowest BCUT2D eigenvalue weighted by Crippen LogP contribution is -2.41. The van der Waals surface area contributed by atoms with Crippen LogP contribution >= 0.6 is 24.0 Å². The maximum Gasteiger partial charge on any atom is 0.243 e. The van der Waals surface area contributed by atoms with Gasteiger partial charge in [-0.3, -0.25) is 4.79 Å². The van der Waals surface area contributed by atoms with Crippen molar-refractivity contribution >= 4 is 35.8 Å². The van der Waals surface area contributed by atoms with Crippen LogP contribution < -0.4 is 5.32 Å². The molecule has 1 amide bonds. The van der Waals surface area contributed by atoms with Gasteiger partial charge in [0.15, 0.2) is 5.96 Å². The summed E-state index contributed by atoms with van der Waals surface area (Å²) in [4.78, 5) is 27.7. The van der Waals surface area contributed by atoms with Crippen molar-refractivity contribution in [2.24, 2.45) is 10.9 Å². The van der Waals surface area contributed by atoms with E-state index in [4.69, 9.17) is 0 Å². The first kappa shape index (κ1) is 23.9. The van der Waals surface area contributed by atoms with Crippen LogP contribution in [-0.2, 0) is 11.3 Å². The fourth-order valence-electron chi connectivity index (χ4n) is 2.40. The van der Waals surface area contributed by atoms with Crippen molar-refractivity contribution in [1.82, 2.24) is 25.1 Å². The van der Waals surface area contributed by atoms with Crippen LogP contribution in [0.1, 0.15) is 19.7 Å². The highest BCUT2D eigenvalue weighted by Crippen LogP contribution is 2.16. The summed E-state index contributed by atoms with van der Waals surface area (Å²) in [6.07, 6.45) is 1.84. The van der Waals surface area contributed by atoms with Crippen molar-refractivity contribution in [1.29, 1.82) is 0 Å². The first-order valence-corrected chi connectivity index (χ1v) is 9.15. The zero-order valence-corrected chi connectivity index (χ0v) is 19.6. The number of carbonyl (C=O) groups is 1. The van der Waals surface area contributed by atoms with E-state index < -0.39 is 0 Å². The molecule has 2 N–H and O–H groups in total. The maximum atomic E-state index is 11.9. The van der Waals surface area contributed by atoms with Gasteiger partial charge in [0.05, 0.1) is 18.4 Å². The highest BCUT2D eigenvalue weighted by Gasteiger charge is 2.12. The molecular formula is C20H31IN6O. The number of hydrogen-bond donors (Lipinski definition) is 2. The monoisotopic (exact) mass is 498 g/mol. The second kappa shape index (κ2) is 11.7. The van der Waals surface area contributed by atoms with E-state index in [0.29, 0.717) is 18.4 Å². The lowest BCUT2D eigenvalue weighted by molar-refractivity contribution is -0.127. The van der Waals surface area contributed by atoms with Crippen molar-refractivity contribution in [3.8, 4) is 11.3 Å². The van der Waals surface area contributed by atoms with E-state index in [0.717, 1.165) is 23.6 Å². The quantitative estimate of drug-likeness (QED) is 0.350. The molecular weight excluding hydrogens is 467 g/mol. The zero-order chi connectivity index (χ0) is 19.8. The fraction of sp³-hybridized carbons (Fsp3) is 0.450. The molecule has 0 saturated heterocycles. The van der Waals surface area contributed by atoms with Crippen LogP contribution in [0.2, 0.25) is 0 Å². The summed E-state index contributed by atoms with van der Waals surface area (Å²) in [5.41, 5.74) is 2.08. The van der Waals surface area contributed by atoms with Gasteiger partial charge in [0.25, 0.3) is 0 Å². The minimum absolute atomic E-state index is 0. The highest BCUT2D eigenvalue weighted by atomic mass is 127. The fourth-order valence-corrected chi connectivity index (χ4v) is 2.40. The third kappa shape index (κ3) is 7.49. The van der Waals surface area contributed by atoms with Gasteiger partial charge in [0.1, 0.15) is 12.4 Å². The molecule has 0 radical (unpaired) electrons. The van der Waals surface area contributed by atoms with Gasteiger partial charge >= 0.3 is 0 Å². The molecule has 2 aromatic rings. The number of halogens is 1. The van der Waals surface area contributed by atoms with Crippen LogP contribution in [0.3, 0.4) is 0 Å². The van der Waals surface area contributed by atoms with Crippen molar-refractivity contribution in [2.75, 3.05) is 34.2 Å². The predicted octanol–water partition coefficient (Wildman–Crippen LogP) is 2.82. The molecule has 0 bridgehead atoms. The molecule has 2 rings (SSSR count). The number of imidazole rings is 1. The minimum Gasteiger partial charge on any atom is -0.356 e. The average molecular weight is 498 g/mol. The molecule has 28 heavy (non-hydrogen) atoms. The molecule has 0 aliphatic heterocycles. The van der Waals surface area contributed by atoms with Crippen LogP contribution in [0.25, 0.3) is 11.3 Å². The van der Waals surface area contributed by atoms with Gasteiger partial charge in [0, 0.05) is 27.7 Å². The van der Waals surface area contributed by atoms with Crippen LogP contribution in [0, 0.1) is 5.92 Å². The van der Waals surface area contributed by atoms with Crippen molar-refractivity contribution < 1.29 is 4.79 Å². The van der Waals surface area contributed by atoms with Gasteiger partial charge in [-0.05, 0) is 11.5 Å². The molecule has 0 spiro atoms. The van der Waals surface area contributed by atoms with E-state index in [9.17, 15) is 4.79 Å². The second-order valence-corrected chi connectivity index (χ2v) is 7.17. The number of guanidine groups is 1. The smallest absolute Gasteiger partial charge is 0.243 e. The maximum absolute atomic E-state index is 11.9. The summed E-state index contributed by atoms with van der Waals surface area (Å²) in [7, 11) is 5.41. The number of likely N-dealkylation sites (N-methyl/N-ethyl adjacent to an activating group) is 1. The Morgan fingerprint density at radius 2 is 1.89 bits per heavy atom. The molecule has 8 heteroatoms. The average Bonchev–Trinajstić information content (AvgIpc) is 3.10. The van der Waals surface area contributed by atoms with E-state index in [1.54, 1.807) is 19.0 Å². The molecule has 1 heterocycles.